The Kier molecular flexibility index (Phi) is 8.25. The van der Waals surface area contributed by atoms with E-state index in [0.29, 0.717) is 39.4 Å². The van der Waals surface area contributed by atoms with Gasteiger partial charge in [-0.1, -0.05) is 0 Å². The van der Waals surface area contributed by atoms with Gasteiger partial charge >= 0.3 is 6.03 Å². The largest absolute Gasteiger partial charge is 0.383 e. The minimum atomic E-state index is -3.86. The first-order valence-electron chi connectivity index (χ1n) is 7.94. The topological polar surface area (TPSA) is 97.0 Å². The number of rotatable bonds is 11. The zero-order chi connectivity index (χ0) is 19.0. The number of hydrogen-bond acceptors (Lipinski definition) is 8. The third kappa shape index (κ3) is 6.18. The summed E-state index contributed by atoms with van der Waals surface area (Å²) in [7, 11) is -0.611. The molecule has 0 aliphatic rings. The van der Waals surface area contributed by atoms with Crippen LogP contribution in [0.25, 0.3) is 9.40 Å². The van der Waals surface area contributed by atoms with Crippen LogP contribution in [0, 0.1) is 0 Å². The predicted molar refractivity (Wildman–Crippen MR) is 104 cm³/mol. The van der Waals surface area contributed by atoms with Crippen molar-refractivity contribution < 1.29 is 22.7 Å². The highest BCUT2D eigenvalue weighted by molar-refractivity contribution is 7.92. The van der Waals surface area contributed by atoms with Crippen LogP contribution in [0.15, 0.2) is 21.7 Å². The number of sulfonamides is 1. The highest BCUT2D eigenvalue weighted by Crippen LogP contribution is 2.32. The van der Waals surface area contributed by atoms with Crippen LogP contribution >= 0.6 is 22.7 Å². The smallest absolute Gasteiger partial charge is 0.328 e. The van der Waals surface area contributed by atoms with Crippen molar-refractivity contribution in [3.05, 3.63) is 17.5 Å². The van der Waals surface area contributed by atoms with E-state index in [1.165, 1.54) is 11.3 Å². The van der Waals surface area contributed by atoms with E-state index in [2.05, 4.69) is 14.9 Å². The van der Waals surface area contributed by atoms with Gasteiger partial charge in [-0.3, -0.25) is 4.90 Å². The van der Waals surface area contributed by atoms with Gasteiger partial charge in [0, 0.05) is 45.8 Å². The number of carbonyl (C=O) groups excluding carboxylic acids is 1. The number of hydrogen-bond donors (Lipinski definition) is 2. The number of fused-ring (bicyclic) bond motifs is 1. The molecule has 0 atom stereocenters. The van der Waals surface area contributed by atoms with Crippen molar-refractivity contribution in [2.24, 2.45) is 0 Å². The molecule has 0 saturated carbocycles. The van der Waals surface area contributed by atoms with Crippen LogP contribution in [-0.4, -0.2) is 73.0 Å². The van der Waals surface area contributed by atoms with Crippen LogP contribution in [-0.2, 0) is 19.5 Å². The lowest BCUT2D eigenvalue weighted by molar-refractivity contribution is 0.115. The lowest BCUT2D eigenvalue weighted by atomic mass is 10.4. The van der Waals surface area contributed by atoms with E-state index < -0.39 is 16.1 Å². The average Bonchev–Trinajstić information content (AvgIpc) is 3.18. The van der Waals surface area contributed by atoms with Crippen molar-refractivity contribution in [3.63, 3.8) is 0 Å². The van der Waals surface area contributed by atoms with E-state index in [4.69, 9.17) is 9.47 Å². The molecular weight excluding hydrogens is 398 g/mol. The summed E-state index contributed by atoms with van der Waals surface area (Å²) >= 11 is 2.62. The van der Waals surface area contributed by atoms with E-state index in [1.54, 1.807) is 20.3 Å². The molecule has 0 aliphatic heterocycles. The van der Waals surface area contributed by atoms with Gasteiger partial charge in [0.15, 0.2) is 0 Å². The molecule has 2 rings (SSSR count). The molecule has 0 bridgehead atoms. The minimum absolute atomic E-state index is 0.135. The zero-order valence-electron chi connectivity index (χ0n) is 14.7. The molecule has 2 amide bonds. The molecule has 146 valence electrons. The standard InChI is InChI=1S/C15H23N3O5S3/c1-22-8-6-18(7-9-23-2)5-4-16-15(19)17-26(20,21)13-11-12-3-10-24-14(12)25-13/h3,10-11H,4-9H2,1-2H3,(H2,16,17,19). The van der Waals surface area contributed by atoms with Crippen molar-refractivity contribution in [1.29, 1.82) is 0 Å². The lowest BCUT2D eigenvalue weighted by Gasteiger charge is -2.21. The summed E-state index contributed by atoms with van der Waals surface area (Å²) in [6.07, 6.45) is 0. The van der Waals surface area contributed by atoms with Gasteiger partial charge in [0.25, 0.3) is 10.0 Å². The SMILES string of the molecule is COCCN(CCNC(=O)NS(=O)(=O)c1cc2ccsc2s1)CCOC. The highest BCUT2D eigenvalue weighted by Gasteiger charge is 2.20. The fourth-order valence-corrected chi connectivity index (χ4v) is 5.70. The summed E-state index contributed by atoms with van der Waals surface area (Å²) < 4.78 is 37.8. The predicted octanol–water partition coefficient (Wildman–Crippen LogP) is 1.55. The van der Waals surface area contributed by atoms with E-state index in [9.17, 15) is 13.2 Å². The first-order valence-corrected chi connectivity index (χ1v) is 11.1. The Hall–Kier alpha value is -1.24. The van der Waals surface area contributed by atoms with Gasteiger partial charge in [0.1, 0.15) is 4.21 Å². The number of ether oxygens (including phenoxy) is 2. The van der Waals surface area contributed by atoms with Crippen molar-refractivity contribution in [1.82, 2.24) is 14.9 Å². The molecule has 0 unspecified atom stereocenters. The molecule has 0 aromatic carbocycles. The number of nitrogens with zero attached hydrogens (tertiary/aromatic N) is 1. The number of nitrogens with one attached hydrogen (secondary N) is 2. The summed E-state index contributed by atoms with van der Waals surface area (Å²) in [6, 6.07) is 2.69. The highest BCUT2D eigenvalue weighted by atomic mass is 32.2. The third-order valence-corrected chi connectivity index (χ3v) is 7.56. The van der Waals surface area contributed by atoms with Gasteiger partial charge < -0.3 is 14.8 Å². The second-order valence-corrected chi connectivity index (χ2v) is 9.55. The van der Waals surface area contributed by atoms with Gasteiger partial charge in [0.2, 0.25) is 0 Å². The number of amides is 2. The second kappa shape index (κ2) is 10.2. The number of urea groups is 1. The Morgan fingerprint density at radius 1 is 1.19 bits per heavy atom. The van der Waals surface area contributed by atoms with Gasteiger partial charge in [0.05, 0.1) is 17.2 Å². The maximum atomic E-state index is 12.3. The molecule has 2 N–H and O–H groups in total. The normalized spacial score (nSPS) is 12.0. The summed E-state index contributed by atoms with van der Waals surface area (Å²) in [5, 5.41) is 5.34. The lowest BCUT2D eigenvalue weighted by Crippen LogP contribution is -2.43. The molecule has 11 heteroatoms. The quantitative estimate of drug-likeness (QED) is 0.571. The second-order valence-electron chi connectivity index (χ2n) is 5.42. The fraction of sp³-hybridized carbons (Fsp3) is 0.533. The Morgan fingerprint density at radius 3 is 2.50 bits per heavy atom. The first kappa shape index (κ1) is 21.1. The number of carbonyl (C=O) groups is 1. The monoisotopic (exact) mass is 421 g/mol. The molecule has 26 heavy (non-hydrogen) atoms. The van der Waals surface area contributed by atoms with Gasteiger partial charge in [-0.25, -0.2) is 17.9 Å². The van der Waals surface area contributed by atoms with Crippen molar-refractivity contribution in [2.75, 3.05) is 53.6 Å². The van der Waals surface area contributed by atoms with Crippen molar-refractivity contribution >= 4 is 48.1 Å². The van der Waals surface area contributed by atoms with Gasteiger partial charge in [-0.15, -0.1) is 22.7 Å². The molecule has 0 spiro atoms. The fourth-order valence-electron chi connectivity index (χ4n) is 2.19. The van der Waals surface area contributed by atoms with E-state index in [-0.39, 0.29) is 4.21 Å². The molecule has 2 heterocycles. The van der Waals surface area contributed by atoms with E-state index in [0.717, 1.165) is 20.7 Å². The Bertz CT molecular complexity index is 766. The summed E-state index contributed by atoms with van der Waals surface area (Å²) in [5.41, 5.74) is 0. The summed E-state index contributed by atoms with van der Waals surface area (Å²) in [6.45, 7) is 3.42. The molecule has 0 saturated heterocycles. The van der Waals surface area contributed by atoms with E-state index >= 15 is 0 Å². The van der Waals surface area contributed by atoms with Crippen molar-refractivity contribution in [2.45, 2.75) is 4.21 Å². The molecule has 8 nitrogen and oxygen atoms in total. The molecule has 2 aromatic rings. The zero-order valence-corrected chi connectivity index (χ0v) is 17.1. The third-order valence-electron chi connectivity index (χ3n) is 3.55. The van der Waals surface area contributed by atoms with E-state index in [1.807, 2.05) is 11.4 Å². The minimum Gasteiger partial charge on any atom is -0.383 e. The summed E-state index contributed by atoms with van der Waals surface area (Å²) in [4.78, 5) is 14.0. The molecular formula is C15H23N3O5S3. The maximum absolute atomic E-state index is 12.3. The van der Waals surface area contributed by atoms with Crippen LogP contribution in [0.3, 0.4) is 0 Å². The van der Waals surface area contributed by atoms with Gasteiger partial charge in [-0.05, 0) is 17.5 Å². The first-order chi connectivity index (χ1) is 12.5. The summed E-state index contributed by atoms with van der Waals surface area (Å²) in [5.74, 6) is 0. The molecule has 0 fully saturated rings. The maximum Gasteiger partial charge on any atom is 0.328 e. The van der Waals surface area contributed by atoms with Crippen molar-refractivity contribution in [3.8, 4) is 0 Å². The number of methoxy groups -OCH3 is 2. The molecule has 0 aliphatic carbocycles. The Balaban J connectivity index is 1.82. The Labute approximate surface area is 161 Å². The number of thiophene rings is 2. The Morgan fingerprint density at radius 2 is 1.88 bits per heavy atom. The molecule has 0 radical (unpaired) electrons. The van der Waals surface area contributed by atoms with Crippen LogP contribution in [0.2, 0.25) is 0 Å². The van der Waals surface area contributed by atoms with Crippen LogP contribution in [0.1, 0.15) is 0 Å². The van der Waals surface area contributed by atoms with Crippen LogP contribution in [0.4, 0.5) is 4.79 Å². The van der Waals surface area contributed by atoms with Gasteiger partial charge in [-0.2, -0.15) is 0 Å². The van der Waals surface area contributed by atoms with Crippen LogP contribution < -0.4 is 10.0 Å². The molecule has 2 aromatic heterocycles. The van der Waals surface area contributed by atoms with Crippen LogP contribution in [0.5, 0.6) is 0 Å². The average molecular weight is 422 g/mol.